The van der Waals surface area contributed by atoms with Crippen LogP contribution in [0.5, 0.6) is 0 Å². The Morgan fingerprint density at radius 3 is 2.67 bits per heavy atom. The molecule has 9 heteroatoms. The Balaban J connectivity index is 1.79. The Morgan fingerprint density at radius 2 is 2.03 bits per heavy atom. The lowest BCUT2D eigenvalue weighted by atomic mass is 10.0. The van der Waals surface area contributed by atoms with Gasteiger partial charge in [0.25, 0.3) is 11.8 Å². The Hall–Kier alpha value is -3.88. The summed E-state index contributed by atoms with van der Waals surface area (Å²) in [4.78, 5) is 42.5. The van der Waals surface area contributed by atoms with E-state index >= 15 is 0 Å². The molecule has 174 valence electrons. The maximum absolute atomic E-state index is 12.0. The van der Waals surface area contributed by atoms with Crippen molar-refractivity contribution in [2.75, 3.05) is 6.61 Å². The van der Waals surface area contributed by atoms with Crippen molar-refractivity contribution in [2.45, 2.75) is 39.3 Å². The van der Waals surface area contributed by atoms with Crippen molar-refractivity contribution >= 4 is 23.5 Å². The van der Waals surface area contributed by atoms with Crippen LogP contribution in [0.2, 0.25) is 0 Å². The third-order valence-electron chi connectivity index (χ3n) is 5.42. The first-order chi connectivity index (χ1) is 15.8. The molecule has 9 nitrogen and oxygen atoms in total. The summed E-state index contributed by atoms with van der Waals surface area (Å²) in [6.45, 7) is 3.25. The summed E-state index contributed by atoms with van der Waals surface area (Å²) in [5.74, 6) is -1.01. The molecule has 1 atom stereocenters. The number of rotatable bonds is 10. The van der Waals surface area contributed by atoms with Gasteiger partial charge in [-0.3, -0.25) is 19.4 Å². The van der Waals surface area contributed by atoms with E-state index in [1.807, 2.05) is 43.5 Å². The first-order valence-electron chi connectivity index (χ1n) is 10.8. The van der Waals surface area contributed by atoms with E-state index in [2.05, 4.69) is 15.0 Å². The molecule has 33 heavy (non-hydrogen) atoms. The minimum Gasteiger partial charge on any atom is -0.456 e. The molecule has 1 saturated carbocycles. The van der Waals surface area contributed by atoms with Crippen LogP contribution in [0.15, 0.2) is 53.3 Å². The van der Waals surface area contributed by atoms with Gasteiger partial charge in [-0.15, -0.1) is 0 Å². The van der Waals surface area contributed by atoms with Crippen LogP contribution in [0.1, 0.15) is 37.9 Å². The van der Waals surface area contributed by atoms with Gasteiger partial charge in [-0.25, -0.2) is 0 Å². The highest BCUT2D eigenvalue weighted by atomic mass is 16.5. The summed E-state index contributed by atoms with van der Waals surface area (Å²) >= 11 is 0. The molecule has 0 spiro atoms. The van der Waals surface area contributed by atoms with E-state index in [9.17, 15) is 14.4 Å². The molecule has 1 heterocycles. The number of carbonyl (C=O) groups excluding carboxylic acids is 3. The van der Waals surface area contributed by atoms with Gasteiger partial charge in [-0.2, -0.15) is 0 Å². The lowest BCUT2D eigenvalue weighted by Crippen LogP contribution is -2.27. The van der Waals surface area contributed by atoms with Crippen LogP contribution in [0.25, 0.3) is 11.1 Å². The van der Waals surface area contributed by atoms with Crippen molar-refractivity contribution in [3.05, 3.63) is 59.6 Å². The molecule has 6 N–H and O–H groups in total. The molecule has 1 aromatic carbocycles. The SMILES string of the molecule is CC(=O)OCC(=O)NCc1cccc(-c2c[nH]c(C(=N[C@H](C)C3CC3)C(=CN)C(N)=O)c2)c1. The number of hydrogen-bond donors (Lipinski definition) is 4. The van der Waals surface area contributed by atoms with E-state index in [4.69, 9.17) is 16.5 Å². The average molecular weight is 452 g/mol. The summed E-state index contributed by atoms with van der Waals surface area (Å²) < 4.78 is 4.69. The van der Waals surface area contributed by atoms with E-state index in [1.165, 1.54) is 13.1 Å². The van der Waals surface area contributed by atoms with Crippen LogP contribution in [0.3, 0.4) is 0 Å². The Morgan fingerprint density at radius 1 is 1.27 bits per heavy atom. The lowest BCUT2D eigenvalue weighted by molar-refractivity contribution is -0.146. The molecule has 0 unspecified atom stereocenters. The summed E-state index contributed by atoms with van der Waals surface area (Å²) in [7, 11) is 0. The fraction of sp³-hybridized carbons (Fsp3) is 0.333. The number of nitrogens with zero attached hydrogens (tertiary/aromatic N) is 1. The zero-order valence-corrected chi connectivity index (χ0v) is 18.8. The summed E-state index contributed by atoms with van der Waals surface area (Å²) in [6.07, 6.45) is 5.26. The van der Waals surface area contributed by atoms with Crippen LogP contribution in [0.4, 0.5) is 0 Å². The van der Waals surface area contributed by atoms with Gasteiger partial charge in [0.15, 0.2) is 6.61 Å². The van der Waals surface area contributed by atoms with Gasteiger partial charge in [0.2, 0.25) is 0 Å². The van der Waals surface area contributed by atoms with E-state index in [0.29, 0.717) is 23.9 Å². The quantitative estimate of drug-likeness (QED) is 0.246. The molecular formula is C24H29N5O4. The molecule has 1 aliphatic carbocycles. The van der Waals surface area contributed by atoms with Gasteiger partial charge in [-0.1, -0.05) is 18.2 Å². The Labute approximate surface area is 192 Å². The van der Waals surface area contributed by atoms with E-state index in [1.54, 1.807) is 0 Å². The van der Waals surface area contributed by atoms with Gasteiger partial charge in [0.05, 0.1) is 23.0 Å². The lowest BCUT2D eigenvalue weighted by Gasteiger charge is -2.11. The number of primary amides is 1. The molecule has 0 aliphatic heterocycles. The molecular weight excluding hydrogens is 422 g/mol. The van der Waals surface area contributed by atoms with E-state index in [-0.39, 0.29) is 24.1 Å². The second-order valence-electron chi connectivity index (χ2n) is 8.06. The Bertz CT molecular complexity index is 1100. The third-order valence-corrected chi connectivity index (χ3v) is 5.42. The predicted octanol–water partition coefficient (Wildman–Crippen LogP) is 1.78. The number of ether oxygens (including phenoxy) is 1. The van der Waals surface area contributed by atoms with Crippen molar-refractivity contribution in [3.63, 3.8) is 0 Å². The van der Waals surface area contributed by atoms with Crippen LogP contribution < -0.4 is 16.8 Å². The van der Waals surface area contributed by atoms with Gasteiger partial charge in [-0.05, 0) is 54.5 Å². The maximum Gasteiger partial charge on any atom is 0.303 e. The fourth-order valence-corrected chi connectivity index (χ4v) is 3.43. The summed E-state index contributed by atoms with van der Waals surface area (Å²) in [5, 5.41) is 2.71. The van der Waals surface area contributed by atoms with Gasteiger partial charge in [0.1, 0.15) is 0 Å². The van der Waals surface area contributed by atoms with Crippen molar-refractivity contribution in [2.24, 2.45) is 22.4 Å². The number of nitrogens with one attached hydrogen (secondary N) is 2. The van der Waals surface area contributed by atoms with Crippen LogP contribution >= 0.6 is 0 Å². The number of amides is 2. The highest BCUT2D eigenvalue weighted by Gasteiger charge is 2.29. The maximum atomic E-state index is 12.0. The Kier molecular flexibility index (Phi) is 7.66. The molecule has 1 fully saturated rings. The molecule has 1 aromatic heterocycles. The second kappa shape index (κ2) is 10.6. The molecule has 0 bridgehead atoms. The van der Waals surface area contributed by atoms with Crippen molar-refractivity contribution in [3.8, 4) is 11.1 Å². The summed E-state index contributed by atoms with van der Waals surface area (Å²) in [5.41, 5.74) is 15.2. The highest BCUT2D eigenvalue weighted by molar-refractivity contribution is 6.27. The number of carbonyl (C=O) groups is 3. The highest BCUT2D eigenvalue weighted by Crippen LogP contribution is 2.34. The third kappa shape index (κ3) is 6.55. The van der Waals surface area contributed by atoms with Crippen molar-refractivity contribution < 1.29 is 19.1 Å². The first kappa shape index (κ1) is 23.8. The van der Waals surface area contributed by atoms with Gasteiger partial charge < -0.3 is 26.5 Å². The van der Waals surface area contributed by atoms with Crippen molar-refractivity contribution in [1.82, 2.24) is 10.3 Å². The topological polar surface area (TPSA) is 153 Å². The van der Waals surface area contributed by atoms with Crippen LogP contribution in [-0.4, -0.2) is 41.1 Å². The van der Waals surface area contributed by atoms with Gasteiger partial charge >= 0.3 is 5.97 Å². The molecule has 1 aliphatic rings. The van der Waals surface area contributed by atoms with Crippen LogP contribution in [0, 0.1) is 5.92 Å². The molecule has 0 radical (unpaired) electrons. The number of nitrogens with two attached hydrogens (primary N) is 2. The number of aromatic nitrogens is 1. The smallest absolute Gasteiger partial charge is 0.303 e. The number of benzene rings is 1. The number of aliphatic imine (C=N–C) groups is 1. The van der Waals surface area contributed by atoms with E-state index in [0.717, 1.165) is 29.5 Å². The van der Waals surface area contributed by atoms with Crippen LogP contribution in [-0.2, 0) is 25.7 Å². The van der Waals surface area contributed by atoms with E-state index < -0.39 is 11.9 Å². The van der Waals surface area contributed by atoms with Gasteiger partial charge in [0, 0.05) is 25.9 Å². The standard InChI is InChI=1S/C24H29N5O4/c1-14(17-6-7-17)29-23(20(10-25)24(26)32)21-9-19(12-27-21)18-5-3-4-16(8-18)11-28-22(31)13-33-15(2)30/h3-5,8-10,12,14,17,27H,6-7,11,13,25H2,1-2H3,(H2,26,32)(H,28,31)/t14-/m1/s1. The zero-order valence-electron chi connectivity index (χ0n) is 18.8. The molecule has 2 amide bonds. The molecule has 0 saturated heterocycles. The second-order valence-corrected chi connectivity index (χ2v) is 8.06. The predicted molar refractivity (Wildman–Crippen MR) is 125 cm³/mol. The monoisotopic (exact) mass is 451 g/mol. The number of H-pyrrole nitrogens is 1. The minimum absolute atomic E-state index is 0.0555. The minimum atomic E-state index is -0.637. The largest absolute Gasteiger partial charge is 0.456 e. The molecule has 2 aromatic rings. The van der Waals surface area contributed by atoms with Crippen molar-refractivity contribution in [1.29, 1.82) is 0 Å². The number of aromatic amines is 1. The number of hydrogen-bond acceptors (Lipinski definition) is 6. The summed E-state index contributed by atoms with van der Waals surface area (Å²) in [6, 6.07) is 9.60. The normalized spacial score (nSPS) is 15.1. The fourth-order valence-electron chi connectivity index (χ4n) is 3.43. The number of esters is 1. The first-order valence-corrected chi connectivity index (χ1v) is 10.8. The average Bonchev–Trinajstić information content (AvgIpc) is 3.53. The zero-order chi connectivity index (χ0) is 24.0. The molecule has 3 rings (SSSR count).